The van der Waals surface area contributed by atoms with Gasteiger partial charge in [0.25, 0.3) is 5.91 Å². The van der Waals surface area contributed by atoms with Crippen LogP contribution in [0.4, 0.5) is 5.69 Å². The number of benzene rings is 2. The van der Waals surface area contributed by atoms with E-state index in [4.69, 9.17) is 5.73 Å². The van der Waals surface area contributed by atoms with Gasteiger partial charge < -0.3 is 15.7 Å². The fourth-order valence-corrected chi connectivity index (χ4v) is 2.38. The molecule has 20 heavy (non-hydrogen) atoms. The van der Waals surface area contributed by atoms with Crippen molar-refractivity contribution in [3.63, 3.8) is 0 Å². The van der Waals surface area contributed by atoms with Gasteiger partial charge in [-0.2, -0.15) is 0 Å². The van der Waals surface area contributed by atoms with Crippen molar-refractivity contribution in [3.05, 3.63) is 57.2 Å². The summed E-state index contributed by atoms with van der Waals surface area (Å²) in [5, 5.41) is 9.80. The lowest BCUT2D eigenvalue weighted by Gasteiger charge is -2.19. The summed E-state index contributed by atoms with van der Waals surface area (Å²) in [7, 11) is 1.69. The minimum Gasteiger partial charge on any atom is -0.507 e. The van der Waals surface area contributed by atoms with Crippen LogP contribution in [0.15, 0.2) is 42.5 Å². The second kappa shape index (κ2) is 6.13. The summed E-state index contributed by atoms with van der Waals surface area (Å²) in [5.74, 6) is -0.243. The molecule has 1 amide bonds. The highest BCUT2D eigenvalue weighted by Gasteiger charge is 2.17. The quantitative estimate of drug-likeness (QED) is 0.634. The Morgan fingerprint density at radius 2 is 2.00 bits per heavy atom. The Kier molecular flexibility index (Phi) is 4.49. The van der Waals surface area contributed by atoms with Crippen molar-refractivity contribution < 1.29 is 9.90 Å². The Morgan fingerprint density at radius 3 is 2.70 bits per heavy atom. The molecular weight excluding hydrogens is 367 g/mol. The van der Waals surface area contributed by atoms with Gasteiger partial charge in [-0.05, 0) is 52.4 Å². The number of rotatable bonds is 3. The van der Waals surface area contributed by atoms with E-state index in [9.17, 15) is 9.90 Å². The molecule has 0 aliphatic heterocycles. The second-order valence-corrected chi connectivity index (χ2v) is 5.77. The molecule has 0 saturated carbocycles. The molecule has 4 nitrogen and oxygen atoms in total. The molecule has 0 unspecified atom stereocenters. The average molecular weight is 382 g/mol. The molecule has 2 aromatic rings. The zero-order valence-electron chi connectivity index (χ0n) is 11.0. The first-order chi connectivity index (χ1) is 9.49. The summed E-state index contributed by atoms with van der Waals surface area (Å²) in [6.07, 6.45) is 0. The van der Waals surface area contributed by atoms with Gasteiger partial charge in [0, 0.05) is 22.8 Å². The van der Waals surface area contributed by atoms with E-state index in [2.05, 4.69) is 22.6 Å². The number of halogens is 1. The number of aromatic hydroxyl groups is 1. The summed E-state index contributed by atoms with van der Waals surface area (Å²) in [5.41, 5.74) is 7.71. The molecule has 0 spiro atoms. The van der Waals surface area contributed by atoms with Crippen LogP contribution in [-0.2, 0) is 6.54 Å². The SMILES string of the molecule is CN(Cc1ccccc1N)C(=O)c1cc(I)ccc1O. The standard InChI is InChI=1S/C15H15IN2O2/c1-18(9-10-4-2-3-5-13(10)17)15(20)12-8-11(16)6-7-14(12)19/h2-8,19H,9,17H2,1H3. The molecule has 0 radical (unpaired) electrons. The summed E-state index contributed by atoms with van der Waals surface area (Å²) in [4.78, 5) is 13.9. The van der Waals surface area contributed by atoms with Crippen molar-refractivity contribution in [1.82, 2.24) is 4.90 Å². The number of hydrogen-bond acceptors (Lipinski definition) is 3. The van der Waals surface area contributed by atoms with E-state index < -0.39 is 0 Å². The highest BCUT2D eigenvalue weighted by atomic mass is 127. The molecule has 0 saturated heterocycles. The molecule has 2 rings (SSSR count). The van der Waals surface area contributed by atoms with E-state index in [0.29, 0.717) is 17.8 Å². The third kappa shape index (κ3) is 3.22. The van der Waals surface area contributed by atoms with E-state index in [1.807, 2.05) is 18.2 Å². The summed E-state index contributed by atoms with van der Waals surface area (Å²) in [6.45, 7) is 0.399. The molecule has 0 heterocycles. The van der Waals surface area contributed by atoms with E-state index in [0.717, 1.165) is 9.13 Å². The number of phenolic OH excluding ortho intramolecular Hbond substituents is 1. The minimum absolute atomic E-state index is 0.0108. The van der Waals surface area contributed by atoms with Gasteiger partial charge in [-0.15, -0.1) is 0 Å². The maximum Gasteiger partial charge on any atom is 0.257 e. The topological polar surface area (TPSA) is 66.6 Å². The second-order valence-electron chi connectivity index (χ2n) is 4.52. The molecular formula is C15H15IN2O2. The smallest absolute Gasteiger partial charge is 0.257 e. The predicted molar refractivity (Wildman–Crippen MR) is 87.5 cm³/mol. The molecule has 0 fully saturated rings. The zero-order valence-corrected chi connectivity index (χ0v) is 13.2. The van der Waals surface area contributed by atoms with Crippen LogP contribution in [0.1, 0.15) is 15.9 Å². The minimum atomic E-state index is -0.232. The molecule has 0 atom stereocenters. The van der Waals surface area contributed by atoms with Gasteiger partial charge >= 0.3 is 0 Å². The highest BCUT2D eigenvalue weighted by molar-refractivity contribution is 14.1. The number of amides is 1. The van der Waals surface area contributed by atoms with E-state index in [-0.39, 0.29) is 11.7 Å². The van der Waals surface area contributed by atoms with E-state index >= 15 is 0 Å². The number of phenols is 1. The Morgan fingerprint density at radius 1 is 1.30 bits per heavy atom. The van der Waals surface area contributed by atoms with Crippen LogP contribution in [0, 0.1) is 3.57 Å². The van der Waals surface area contributed by atoms with Crippen LogP contribution >= 0.6 is 22.6 Å². The molecule has 0 aliphatic carbocycles. The number of para-hydroxylation sites is 1. The Balaban J connectivity index is 2.21. The Bertz CT molecular complexity index is 644. The molecule has 104 valence electrons. The van der Waals surface area contributed by atoms with Gasteiger partial charge in [-0.3, -0.25) is 4.79 Å². The van der Waals surface area contributed by atoms with Crippen LogP contribution in [-0.4, -0.2) is 23.0 Å². The number of carbonyl (C=O) groups is 1. The number of nitrogens with zero attached hydrogens (tertiary/aromatic N) is 1. The highest BCUT2D eigenvalue weighted by Crippen LogP contribution is 2.22. The Hall–Kier alpha value is -1.76. The number of nitrogen functional groups attached to an aromatic ring is 1. The molecule has 3 N–H and O–H groups in total. The first kappa shape index (κ1) is 14.6. The van der Waals surface area contributed by atoms with Crippen molar-refractivity contribution in [2.75, 3.05) is 12.8 Å². The lowest BCUT2D eigenvalue weighted by Crippen LogP contribution is -2.26. The van der Waals surface area contributed by atoms with Crippen LogP contribution in [0.25, 0.3) is 0 Å². The third-order valence-electron chi connectivity index (χ3n) is 3.00. The maximum absolute atomic E-state index is 12.4. The normalized spacial score (nSPS) is 10.3. The van der Waals surface area contributed by atoms with Crippen molar-refractivity contribution in [2.24, 2.45) is 0 Å². The zero-order chi connectivity index (χ0) is 14.7. The van der Waals surface area contributed by atoms with Gasteiger partial charge in [0.15, 0.2) is 0 Å². The van der Waals surface area contributed by atoms with Crippen molar-refractivity contribution in [1.29, 1.82) is 0 Å². The van der Waals surface area contributed by atoms with Crippen molar-refractivity contribution in [3.8, 4) is 5.75 Å². The lowest BCUT2D eigenvalue weighted by molar-refractivity contribution is 0.0782. The summed E-state index contributed by atoms with van der Waals surface area (Å²) in [6, 6.07) is 12.4. The number of carbonyl (C=O) groups excluding carboxylic acids is 1. The molecule has 2 aromatic carbocycles. The molecule has 0 aliphatic rings. The van der Waals surface area contributed by atoms with Gasteiger partial charge in [-0.25, -0.2) is 0 Å². The number of anilines is 1. The fraction of sp³-hybridized carbons (Fsp3) is 0.133. The van der Waals surface area contributed by atoms with Gasteiger partial charge in [0.05, 0.1) is 5.56 Å². The van der Waals surface area contributed by atoms with Gasteiger partial charge in [-0.1, -0.05) is 18.2 Å². The predicted octanol–water partition coefficient (Wildman–Crippen LogP) is 2.85. The average Bonchev–Trinajstić information content (AvgIpc) is 2.43. The maximum atomic E-state index is 12.4. The molecule has 5 heteroatoms. The molecule has 0 bridgehead atoms. The Labute approximate surface area is 131 Å². The van der Waals surface area contributed by atoms with E-state index in [1.54, 1.807) is 25.2 Å². The van der Waals surface area contributed by atoms with E-state index in [1.165, 1.54) is 11.0 Å². The number of hydrogen-bond donors (Lipinski definition) is 2. The van der Waals surface area contributed by atoms with Crippen LogP contribution in [0.5, 0.6) is 5.75 Å². The largest absolute Gasteiger partial charge is 0.507 e. The summed E-state index contributed by atoms with van der Waals surface area (Å²) >= 11 is 2.11. The first-order valence-electron chi connectivity index (χ1n) is 6.06. The van der Waals surface area contributed by atoms with Gasteiger partial charge in [0.2, 0.25) is 0 Å². The lowest BCUT2D eigenvalue weighted by atomic mass is 10.1. The first-order valence-corrected chi connectivity index (χ1v) is 7.14. The monoisotopic (exact) mass is 382 g/mol. The number of nitrogens with two attached hydrogens (primary N) is 1. The fourth-order valence-electron chi connectivity index (χ4n) is 1.89. The van der Waals surface area contributed by atoms with Crippen LogP contribution in [0.3, 0.4) is 0 Å². The van der Waals surface area contributed by atoms with Crippen molar-refractivity contribution in [2.45, 2.75) is 6.54 Å². The summed E-state index contributed by atoms with van der Waals surface area (Å²) < 4.78 is 0.899. The third-order valence-corrected chi connectivity index (χ3v) is 3.67. The molecule has 0 aromatic heterocycles. The van der Waals surface area contributed by atoms with Crippen LogP contribution < -0.4 is 5.73 Å². The van der Waals surface area contributed by atoms with Gasteiger partial charge in [0.1, 0.15) is 5.75 Å². The van der Waals surface area contributed by atoms with Crippen LogP contribution in [0.2, 0.25) is 0 Å². The van der Waals surface area contributed by atoms with Crippen molar-refractivity contribution >= 4 is 34.2 Å².